The number of hydrogen-bond donors (Lipinski definition) is 11. The highest BCUT2D eigenvalue weighted by molar-refractivity contribution is 7.80. The fourth-order valence-electron chi connectivity index (χ4n) is 4.17. The van der Waals surface area contributed by atoms with Gasteiger partial charge in [0.2, 0.25) is 29.5 Å². The molecular weight excluding hydrogens is 620 g/mol. The fourth-order valence-corrected chi connectivity index (χ4v) is 4.33. The Labute approximate surface area is 273 Å². The Kier molecular flexibility index (Phi) is 19.0. The lowest BCUT2D eigenvalue weighted by molar-refractivity contribution is -0.142. The van der Waals surface area contributed by atoms with E-state index in [-0.39, 0.29) is 30.8 Å². The van der Waals surface area contributed by atoms with Crippen LogP contribution in [0.2, 0.25) is 0 Å². The molecule has 1 rings (SSSR count). The molecule has 0 heterocycles. The van der Waals surface area contributed by atoms with Crippen molar-refractivity contribution in [1.82, 2.24) is 26.6 Å². The zero-order valence-corrected chi connectivity index (χ0v) is 26.9. The number of carbonyl (C=O) groups excluding carboxylic acids is 5. The summed E-state index contributed by atoms with van der Waals surface area (Å²) in [5.74, 6) is -4.61. The third-order valence-electron chi connectivity index (χ3n) is 6.88. The lowest BCUT2D eigenvalue weighted by Gasteiger charge is -2.23. The molecule has 0 aliphatic carbocycles. The molecule has 0 bridgehead atoms. The van der Waals surface area contributed by atoms with Gasteiger partial charge >= 0.3 is 5.97 Å². The number of amides is 5. The fraction of sp³-hybridized carbons (Fsp3) is 0.586. The number of carbonyl (C=O) groups is 6. The van der Waals surface area contributed by atoms with E-state index in [9.17, 15) is 39.0 Å². The number of rotatable bonds is 22. The number of carboxylic acid groups (broad SMARTS) is 1. The zero-order chi connectivity index (χ0) is 34.6. The van der Waals surface area contributed by atoms with E-state index in [1.165, 1.54) is 19.1 Å². The van der Waals surface area contributed by atoms with Crippen LogP contribution in [0.5, 0.6) is 5.75 Å². The first-order valence-corrected chi connectivity index (χ1v) is 15.7. The van der Waals surface area contributed by atoms with Gasteiger partial charge in [-0.3, -0.25) is 24.0 Å². The zero-order valence-electron chi connectivity index (χ0n) is 26.0. The van der Waals surface area contributed by atoms with Crippen molar-refractivity contribution in [3.8, 4) is 5.75 Å². The minimum Gasteiger partial charge on any atom is -0.508 e. The molecule has 5 atom stereocenters. The molecule has 1 aromatic carbocycles. The SMILES string of the molecule is C[C@H](NC(=O)CNC(=O)[C@H](Cc1ccc(O)cc1)NC(=O)[C@@H](N)CS)C(=O)N[C@@H](CCCCN)C(=O)N[C@@H](CCCCN)C(=O)O. The highest BCUT2D eigenvalue weighted by Gasteiger charge is 2.28. The third-order valence-corrected chi connectivity index (χ3v) is 7.27. The summed E-state index contributed by atoms with van der Waals surface area (Å²) in [6, 6.07) is 0.517. The van der Waals surface area contributed by atoms with Crippen molar-refractivity contribution in [3.63, 3.8) is 0 Å². The molecule has 13 N–H and O–H groups in total. The number of hydrogen-bond acceptors (Lipinski definition) is 11. The van der Waals surface area contributed by atoms with Crippen molar-refractivity contribution in [3.05, 3.63) is 29.8 Å². The summed E-state index contributed by atoms with van der Waals surface area (Å²) >= 11 is 3.99. The van der Waals surface area contributed by atoms with Crippen LogP contribution in [0.25, 0.3) is 0 Å². The first-order valence-electron chi connectivity index (χ1n) is 15.1. The van der Waals surface area contributed by atoms with Gasteiger partial charge in [0.15, 0.2) is 0 Å². The first-order chi connectivity index (χ1) is 21.8. The summed E-state index contributed by atoms with van der Waals surface area (Å²) in [7, 11) is 0. The number of benzene rings is 1. The highest BCUT2D eigenvalue weighted by atomic mass is 32.1. The van der Waals surface area contributed by atoms with Crippen molar-refractivity contribution >= 4 is 48.1 Å². The predicted molar refractivity (Wildman–Crippen MR) is 173 cm³/mol. The van der Waals surface area contributed by atoms with Crippen molar-refractivity contribution in [2.75, 3.05) is 25.4 Å². The van der Waals surface area contributed by atoms with Crippen LogP contribution in [-0.2, 0) is 35.2 Å². The molecule has 0 aliphatic rings. The van der Waals surface area contributed by atoms with Crippen molar-refractivity contribution in [1.29, 1.82) is 0 Å². The Bertz CT molecular complexity index is 1160. The lowest BCUT2D eigenvalue weighted by Crippen LogP contribution is -2.56. The topological polar surface area (TPSA) is 281 Å². The van der Waals surface area contributed by atoms with Gasteiger partial charge < -0.3 is 54.0 Å². The number of nitrogens with one attached hydrogen (secondary N) is 5. The summed E-state index contributed by atoms with van der Waals surface area (Å²) in [5.41, 5.74) is 17.3. The second kappa shape index (κ2) is 21.7. The van der Waals surface area contributed by atoms with E-state index in [0.29, 0.717) is 44.3 Å². The summed E-state index contributed by atoms with van der Waals surface area (Å²) in [6.45, 7) is 1.58. The van der Waals surface area contributed by atoms with Crippen LogP contribution in [0.3, 0.4) is 0 Å². The van der Waals surface area contributed by atoms with E-state index < -0.39 is 72.3 Å². The molecule has 0 saturated heterocycles. The molecule has 5 amide bonds. The lowest BCUT2D eigenvalue weighted by atomic mass is 10.0. The molecule has 16 nitrogen and oxygen atoms in total. The molecule has 0 aliphatic heterocycles. The molecule has 17 heteroatoms. The number of nitrogens with two attached hydrogens (primary N) is 3. The van der Waals surface area contributed by atoms with Gasteiger partial charge in [-0.1, -0.05) is 12.1 Å². The van der Waals surface area contributed by atoms with E-state index in [1.54, 1.807) is 12.1 Å². The normalized spacial score (nSPS) is 14.1. The van der Waals surface area contributed by atoms with Gasteiger partial charge in [0, 0.05) is 12.2 Å². The standard InChI is InChI=1S/C29H48N8O8S/c1-17(25(40)35-21(6-2-4-12-30)28(43)36-22(29(44)45)7-3-5-13-31)34-24(39)15-33-27(42)23(37-26(41)20(32)16-46)14-18-8-10-19(38)11-9-18/h8-11,17,20-23,38,46H,2-7,12-16,30-32H2,1H3,(H,33,42)(H,34,39)(H,35,40)(H,36,43)(H,37,41)(H,44,45)/t17-,20-,21-,22-,23-/m0/s1. The van der Waals surface area contributed by atoms with Crippen molar-refractivity contribution in [2.24, 2.45) is 17.2 Å². The van der Waals surface area contributed by atoms with Crippen LogP contribution in [0.4, 0.5) is 0 Å². The molecule has 0 fully saturated rings. The molecule has 0 unspecified atom stereocenters. The van der Waals surface area contributed by atoms with Gasteiger partial charge in [0.1, 0.15) is 29.9 Å². The molecular formula is C29H48N8O8S. The van der Waals surface area contributed by atoms with Crippen LogP contribution in [-0.4, -0.2) is 101 Å². The van der Waals surface area contributed by atoms with E-state index in [1.807, 2.05) is 0 Å². The van der Waals surface area contributed by atoms with Crippen LogP contribution in [0.15, 0.2) is 24.3 Å². The van der Waals surface area contributed by atoms with Crippen LogP contribution in [0, 0.1) is 0 Å². The van der Waals surface area contributed by atoms with Crippen LogP contribution < -0.4 is 43.8 Å². The molecule has 0 saturated carbocycles. The van der Waals surface area contributed by atoms with Crippen molar-refractivity contribution in [2.45, 2.75) is 82.1 Å². The van der Waals surface area contributed by atoms with Crippen LogP contribution in [0.1, 0.15) is 51.0 Å². The van der Waals surface area contributed by atoms with Gasteiger partial charge in [0.05, 0.1) is 12.6 Å². The van der Waals surface area contributed by atoms with Crippen molar-refractivity contribution < 1.29 is 39.0 Å². The quantitative estimate of drug-likeness (QED) is 0.0458. The smallest absolute Gasteiger partial charge is 0.326 e. The minimum atomic E-state index is -1.21. The second-order valence-corrected chi connectivity index (χ2v) is 11.1. The Morgan fingerprint density at radius 3 is 1.85 bits per heavy atom. The van der Waals surface area contributed by atoms with Gasteiger partial charge in [-0.2, -0.15) is 12.6 Å². The summed E-state index contributed by atoms with van der Waals surface area (Å²) < 4.78 is 0. The van der Waals surface area contributed by atoms with E-state index in [0.717, 1.165) is 0 Å². The predicted octanol–water partition coefficient (Wildman–Crippen LogP) is -2.39. The van der Waals surface area contributed by atoms with E-state index in [2.05, 4.69) is 39.2 Å². The average Bonchev–Trinajstić information content (AvgIpc) is 3.02. The largest absolute Gasteiger partial charge is 0.508 e. The minimum absolute atomic E-state index is 0.0194. The second-order valence-electron chi connectivity index (χ2n) is 10.8. The Balaban J connectivity index is 2.82. The third kappa shape index (κ3) is 15.4. The average molecular weight is 669 g/mol. The Hall–Kier alpha value is -3.93. The maximum atomic E-state index is 13.0. The molecule has 0 spiro atoms. The number of aromatic hydroxyl groups is 1. The number of unbranched alkanes of at least 4 members (excludes halogenated alkanes) is 2. The Morgan fingerprint density at radius 1 is 0.761 bits per heavy atom. The van der Waals surface area contributed by atoms with E-state index >= 15 is 0 Å². The summed E-state index contributed by atoms with van der Waals surface area (Å²) in [6.07, 6.45) is 2.51. The maximum Gasteiger partial charge on any atom is 0.326 e. The van der Waals surface area contributed by atoms with Crippen LogP contribution >= 0.6 is 12.6 Å². The molecule has 46 heavy (non-hydrogen) atoms. The Morgan fingerprint density at radius 2 is 1.30 bits per heavy atom. The number of thiol groups is 1. The first kappa shape index (κ1) is 40.1. The number of phenolic OH excluding ortho intramolecular Hbond substituents is 1. The molecule has 0 aromatic heterocycles. The summed E-state index contributed by atoms with van der Waals surface area (Å²) in [4.78, 5) is 75.5. The number of phenols is 1. The summed E-state index contributed by atoms with van der Waals surface area (Å²) in [5, 5.41) is 31.4. The number of carboxylic acids is 1. The number of aliphatic carboxylic acids is 1. The van der Waals surface area contributed by atoms with Gasteiger partial charge in [-0.25, -0.2) is 4.79 Å². The van der Waals surface area contributed by atoms with Gasteiger partial charge in [-0.15, -0.1) is 0 Å². The van der Waals surface area contributed by atoms with Gasteiger partial charge in [0.25, 0.3) is 0 Å². The molecule has 1 aromatic rings. The van der Waals surface area contributed by atoms with E-state index in [4.69, 9.17) is 17.2 Å². The highest BCUT2D eigenvalue weighted by Crippen LogP contribution is 2.12. The molecule has 258 valence electrons. The maximum absolute atomic E-state index is 13.0. The molecule has 0 radical (unpaired) electrons. The van der Waals surface area contributed by atoms with Gasteiger partial charge in [-0.05, 0) is 76.2 Å². The monoisotopic (exact) mass is 668 g/mol.